The van der Waals surface area contributed by atoms with Crippen LogP contribution in [0.15, 0.2) is 53.4 Å². The molecule has 0 spiro atoms. The lowest BCUT2D eigenvalue weighted by Crippen LogP contribution is -2.29. The van der Waals surface area contributed by atoms with Crippen LogP contribution in [0.4, 0.5) is 18.9 Å². The van der Waals surface area contributed by atoms with Gasteiger partial charge in [-0.25, -0.2) is 13.1 Å². The first-order valence-electron chi connectivity index (χ1n) is 10.9. The molecular formula is C23H27F3N2O6S. The number of esters is 1. The quantitative estimate of drug-likeness (QED) is 0.169. The zero-order chi connectivity index (χ0) is 26.1. The minimum absolute atomic E-state index is 0.129. The zero-order valence-corrected chi connectivity index (χ0v) is 19.9. The predicted octanol–water partition coefficient (Wildman–Crippen LogP) is 5.23. The Hall–Kier alpha value is -2.99. The van der Waals surface area contributed by atoms with Crippen molar-refractivity contribution in [1.29, 1.82) is 0 Å². The van der Waals surface area contributed by atoms with Crippen LogP contribution in [-0.4, -0.2) is 32.6 Å². The van der Waals surface area contributed by atoms with Gasteiger partial charge in [-0.2, -0.15) is 13.2 Å². The van der Waals surface area contributed by atoms with E-state index in [1.165, 1.54) is 7.11 Å². The number of methoxy groups -OCH3 is 1. The van der Waals surface area contributed by atoms with E-state index in [-0.39, 0.29) is 42.2 Å². The Balaban J connectivity index is 2.16. The van der Waals surface area contributed by atoms with Crippen molar-refractivity contribution in [3.8, 4) is 0 Å². The van der Waals surface area contributed by atoms with Gasteiger partial charge in [-0.15, -0.1) is 0 Å². The van der Waals surface area contributed by atoms with Crippen molar-refractivity contribution in [1.82, 2.24) is 4.72 Å². The number of nitro benzene ring substituents is 1. The Labute approximate surface area is 201 Å². The molecule has 12 heteroatoms. The van der Waals surface area contributed by atoms with Crippen LogP contribution in [0.25, 0.3) is 0 Å². The molecule has 2 aromatic carbocycles. The van der Waals surface area contributed by atoms with Gasteiger partial charge in [0.25, 0.3) is 5.69 Å². The molecule has 0 radical (unpaired) electrons. The maximum atomic E-state index is 12.9. The second-order valence-electron chi connectivity index (χ2n) is 7.96. The summed E-state index contributed by atoms with van der Waals surface area (Å²) in [6, 6.07) is 10.5. The molecule has 0 amide bonds. The molecule has 8 nitrogen and oxygen atoms in total. The molecule has 0 aromatic heterocycles. The van der Waals surface area contributed by atoms with E-state index in [0.29, 0.717) is 18.4 Å². The summed E-state index contributed by atoms with van der Waals surface area (Å²) in [7, 11) is -2.79. The number of halogens is 3. The lowest BCUT2D eigenvalue weighted by atomic mass is 9.98. The van der Waals surface area contributed by atoms with E-state index in [9.17, 15) is 36.5 Å². The summed E-state index contributed by atoms with van der Waals surface area (Å²) < 4.78 is 70.4. The van der Waals surface area contributed by atoms with E-state index in [4.69, 9.17) is 0 Å². The summed E-state index contributed by atoms with van der Waals surface area (Å²) >= 11 is 0. The van der Waals surface area contributed by atoms with Gasteiger partial charge >= 0.3 is 12.1 Å². The predicted molar refractivity (Wildman–Crippen MR) is 122 cm³/mol. The van der Waals surface area contributed by atoms with E-state index >= 15 is 0 Å². The van der Waals surface area contributed by atoms with Gasteiger partial charge in [0.2, 0.25) is 10.0 Å². The number of ether oxygens (including phenoxy) is 1. The fourth-order valence-electron chi connectivity index (χ4n) is 3.43. The van der Waals surface area contributed by atoms with Crippen molar-refractivity contribution in [2.45, 2.75) is 62.1 Å². The number of sulfonamides is 1. The number of nitrogens with zero attached hydrogens (tertiary/aromatic N) is 1. The number of hydrogen-bond acceptors (Lipinski definition) is 6. The first kappa shape index (κ1) is 28.2. The minimum Gasteiger partial charge on any atom is -0.469 e. The smallest absolute Gasteiger partial charge is 0.389 e. The molecule has 0 saturated heterocycles. The molecule has 1 unspecified atom stereocenters. The molecule has 0 fully saturated rings. The normalized spacial score (nSPS) is 12.8. The fraction of sp³-hybridized carbons (Fsp3) is 0.435. The van der Waals surface area contributed by atoms with Crippen LogP contribution in [0.1, 0.15) is 55.7 Å². The summed E-state index contributed by atoms with van der Waals surface area (Å²) in [4.78, 5) is 21.2. The molecular weight excluding hydrogens is 489 g/mol. The standard InChI is InChI=1S/C23H27F3N2O6S/c1-34-22(29)7-4-5-17-8-10-18(11-9-17)21(6-2-3-16-23(24,25)26)27-35(32,33)20-14-12-19(13-15-20)28(30)31/h8-15,21,27H,2-7,16H2,1H3. The van der Waals surface area contributed by atoms with Crippen molar-refractivity contribution in [2.24, 2.45) is 0 Å². The highest BCUT2D eigenvalue weighted by molar-refractivity contribution is 7.89. The molecule has 1 N–H and O–H groups in total. The van der Waals surface area contributed by atoms with Crippen molar-refractivity contribution < 1.29 is 36.0 Å². The van der Waals surface area contributed by atoms with Gasteiger partial charge in [-0.05, 0) is 48.9 Å². The maximum absolute atomic E-state index is 12.9. The number of alkyl halides is 3. The highest BCUT2D eigenvalue weighted by Gasteiger charge is 2.27. The van der Waals surface area contributed by atoms with Gasteiger partial charge < -0.3 is 4.74 Å². The second kappa shape index (κ2) is 12.6. The lowest BCUT2D eigenvalue weighted by molar-refractivity contribution is -0.384. The van der Waals surface area contributed by atoms with E-state index < -0.39 is 33.6 Å². The average molecular weight is 517 g/mol. The maximum Gasteiger partial charge on any atom is 0.389 e. The lowest BCUT2D eigenvalue weighted by Gasteiger charge is -2.20. The second-order valence-corrected chi connectivity index (χ2v) is 9.67. The zero-order valence-electron chi connectivity index (χ0n) is 19.1. The van der Waals surface area contributed by atoms with Gasteiger partial charge in [0.1, 0.15) is 0 Å². The Bertz CT molecular complexity index is 1090. The first-order chi connectivity index (χ1) is 16.4. The third-order valence-corrected chi connectivity index (χ3v) is 6.80. The van der Waals surface area contributed by atoms with Crippen LogP contribution < -0.4 is 4.72 Å². The van der Waals surface area contributed by atoms with Crippen molar-refractivity contribution >= 4 is 21.7 Å². The molecule has 0 aliphatic rings. The van der Waals surface area contributed by atoms with Crippen LogP contribution in [-0.2, 0) is 26.0 Å². The number of nitrogens with one attached hydrogen (secondary N) is 1. The van der Waals surface area contributed by atoms with Crippen LogP contribution in [0, 0.1) is 10.1 Å². The summed E-state index contributed by atoms with van der Waals surface area (Å²) in [5.74, 6) is -0.318. The van der Waals surface area contributed by atoms with Gasteiger partial charge in [0, 0.05) is 31.0 Å². The van der Waals surface area contributed by atoms with Crippen LogP contribution >= 0.6 is 0 Å². The van der Waals surface area contributed by atoms with E-state index in [1.54, 1.807) is 24.3 Å². The van der Waals surface area contributed by atoms with Crippen molar-refractivity contribution in [2.75, 3.05) is 7.11 Å². The number of hydrogen-bond donors (Lipinski definition) is 1. The number of carbonyl (C=O) groups excluding carboxylic acids is 1. The van der Waals surface area contributed by atoms with Crippen molar-refractivity contribution in [3.05, 3.63) is 69.8 Å². The SMILES string of the molecule is COC(=O)CCCc1ccc(C(CCCCC(F)(F)F)NS(=O)(=O)c2ccc([N+](=O)[O-])cc2)cc1. The molecule has 0 saturated carbocycles. The molecule has 0 aliphatic heterocycles. The molecule has 35 heavy (non-hydrogen) atoms. The number of nitro groups is 1. The molecule has 0 heterocycles. The average Bonchev–Trinajstić information content (AvgIpc) is 2.80. The molecule has 2 aromatic rings. The topological polar surface area (TPSA) is 116 Å². The number of rotatable bonds is 13. The number of non-ortho nitro benzene ring substituents is 1. The molecule has 2 rings (SSSR count). The highest BCUT2D eigenvalue weighted by Crippen LogP contribution is 2.27. The third-order valence-electron chi connectivity index (χ3n) is 5.31. The third kappa shape index (κ3) is 9.65. The number of benzene rings is 2. The van der Waals surface area contributed by atoms with E-state index in [2.05, 4.69) is 9.46 Å². The Morgan fingerprint density at radius 3 is 2.23 bits per heavy atom. The molecule has 0 aliphatic carbocycles. The number of carbonyl (C=O) groups is 1. The van der Waals surface area contributed by atoms with Crippen LogP contribution in [0.2, 0.25) is 0 Å². The summed E-state index contributed by atoms with van der Waals surface area (Å²) in [5, 5.41) is 10.8. The van der Waals surface area contributed by atoms with Gasteiger partial charge in [-0.3, -0.25) is 14.9 Å². The molecule has 192 valence electrons. The molecule has 0 bridgehead atoms. The van der Waals surface area contributed by atoms with Crippen molar-refractivity contribution in [3.63, 3.8) is 0 Å². The fourth-order valence-corrected chi connectivity index (χ4v) is 4.68. The number of aryl methyl sites for hydroxylation is 1. The largest absolute Gasteiger partial charge is 0.469 e. The minimum atomic E-state index is -4.29. The Morgan fingerprint density at radius 1 is 1.06 bits per heavy atom. The van der Waals surface area contributed by atoms with E-state index in [0.717, 1.165) is 29.8 Å². The summed E-state index contributed by atoms with van der Waals surface area (Å²) in [6.07, 6.45) is -3.72. The Morgan fingerprint density at radius 2 is 1.69 bits per heavy atom. The highest BCUT2D eigenvalue weighted by atomic mass is 32.2. The van der Waals surface area contributed by atoms with Gasteiger partial charge in [0.05, 0.1) is 16.9 Å². The number of unbranched alkanes of at least 4 members (excludes halogenated alkanes) is 1. The first-order valence-corrected chi connectivity index (χ1v) is 12.4. The van der Waals surface area contributed by atoms with Gasteiger partial charge in [-0.1, -0.05) is 30.7 Å². The Kier molecular flexibility index (Phi) is 10.2. The van der Waals surface area contributed by atoms with E-state index in [1.807, 2.05) is 0 Å². The summed E-state index contributed by atoms with van der Waals surface area (Å²) in [6.45, 7) is 0. The molecule has 1 atom stereocenters. The monoisotopic (exact) mass is 516 g/mol. The summed E-state index contributed by atoms with van der Waals surface area (Å²) in [5.41, 5.74) is 1.21. The van der Waals surface area contributed by atoms with Crippen LogP contribution in [0.3, 0.4) is 0 Å². The van der Waals surface area contributed by atoms with Gasteiger partial charge in [0.15, 0.2) is 0 Å². The van der Waals surface area contributed by atoms with Crippen LogP contribution in [0.5, 0.6) is 0 Å².